The number of nitrogens with zero attached hydrogens (tertiary/aromatic N) is 5. The SMILES string of the molecule is CC(C)Oc1cc(-c2ccc(CN3CCN(C[C@H](O)CN4CCc5ccccc5C4)C3=O)nc2)ccn1. The molecule has 4 heterocycles. The summed E-state index contributed by atoms with van der Waals surface area (Å²) in [5.74, 6) is 0.589. The van der Waals surface area contributed by atoms with E-state index >= 15 is 0 Å². The number of aliphatic hydroxyl groups excluding tert-OH is 1. The molecule has 0 unspecified atom stereocenters. The van der Waals surface area contributed by atoms with Crippen LogP contribution >= 0.6 is 0 Å². The van der Waals surface area contributed by atoms with Gasteiger partial charge in [0.05, 0.1) is 24.4 Å². The van der Waals surface area contributed by atoms with Crippen molar-refractivity contribution in [3.05, 3.63) is 77.7 Å². The number of aliphatic hydroxyl groups is 1. The van der Waals surface area contributed by atoms with E-state index in [9.17, 15) is 9.90 Å². The van der Waals surface area contributed by atoms with Crippen LogP contribution in [0.4, 0.5) is 4.79 Å². The minimum atomic E-state index is -0.573. The fraction of sp³-hybridized carbons (Fsp3) is 0.414. The lowest BCUT2D eigenvalue weighted by atomic mass is 10.00. The number of benzene rings is 1. The molecule has 1 fully saturated rings. The van der Waals surface area contributed by atoms with Crippen LogP contribution in [0.3, 0.4) is 0 Å². The summed E-state index contributed by atoms with van der Waals surface area (Å²) in [5.41, 5.74) is 5.51. The standard InChI is InChI=1S/C29H35N5O3/c1-21(2)37-28-15-23(9-11-30-28)24-7-8-26(31-16-24)18-33-13-14-34(29(33)36)20-27(35)19-32-12-10-22-5-3-4-6-25(22)17-32/h3-9,11,15-16,21,27,35H,10,12-14,17-20H2,1-2H3/t27-/m1/s1. The van der Waals surface area contributed by atoms with E-state index in [4.69, 9.17) is 4.74 Å². The third-order valence-electron chi connectivity index (χ3n) is 6.89. The highest BCUT2D eigenvalue weighted by molar-refractivity contribution is 5.76. The fourth-order valence-electron chi connectivity index (χ4n) is 5.05. The van der Waals surface area contributed by atoms with Gasteiger partial charge in [-0.15, -0.1) is 0 Å². The number of urea groups is 1. The number of aromatic nitrogens is 2. The number of rotatable bonds is 9. The molecule has 1 atom stereocenters. The Labute approximate surface area is 218 Å². The van der Waals surface area contributed by atoms with Crippen molar-refractivity contribution in [2.75, 3.05) is 32.7 Å². The lowest BCUT2D eigenvalue weighted by Gasteiger charge is -2.31. The van der Waals surface area contributed by atoms with Crippen molar-refractivity contribution in [3.8, 4) is 17.0 Å². The Kier molecular flexibility index (Phi) is 7.67. The average Bonchev–Trinajstić information content (AvgIpc) is 3.22. The van der Waals surface area contributed by atoms with Gasteiger partial charge < -0.3 is 19.6 Å². The van der Waals surface area contributed by atoms with Gasteiger partial charge in [-0.1, -0.05) is 30.3 Å². The maximum Gasteiger partial charge on any atom is 0.320 e. The first-order valence-electron chi connectivity index (χ1n) is 13.0. The first kappa shape index (κ1) is 25.2. The van der Waals surface area contributed by atoms with Gasteiger partial charge >= 0.3 is 6.03 Å². The quantitative estimate of drug-likeness (QED) is 0.483. The number of pyridine rings is 2. The molecule has 194 valence electrons. The Morgan fingerprint density at radius 1 is 0.946 bits per heavy atom. The maximum absolute atomic E-state index is 13.0. The Hall–Kier alpha value is -3.49. The molecule has 2 aliphatic rings. The van der Waals surface area contributed by atoms with Gasteiger partial charge in [0.25, 0.3) is 0 Å². The average molecular weight is 502 g/mol. The minimum Gasteiger partial charge on any atom is -0.475 e. The molecular formula is C29H35N5O3. The zero-order valence-electron chi connectivity index (χ0n) is 21.6. The molecule has 0 radical (unpaired) electrons. The molecule has 2 aliphatic heterocycles. The monoisotopic (exact) mass is 501 g/mol. The highest BCUT2D eigenvalue weighted by Gasteiger charge is 2.30. The number of ether oxygens (including phenoxy) is 1. The van der Waals surface area contributed by atoms with Crippen LogP contribution in [0.5, 0.6) is 5.88 Å². The summed E-state index contributed by atoms with van der Waals surface area (Å²) in [6, 6.07) is 16.2. The van der Waals surface area contributed by atoms with Crippen molar-refractivity contribution < 1.29 is 14.6 Å². The van der Waals surface area contributed by atoms with Crippen molar-refractivity contribution in [2.45, 2.75) is 45.6 Å². The molecule has 0 bridgehead atoms. The summed E-state index contributed by atoms with van der Waals surface area (Å²) in [6.45, 7) is 8.34. The summed E-state index contributed by atoms with van der Waals surface area (Å²) >= 11 is 0. The van der Waals surface area contributed by atoms with Crippen LogP contribution in [0, 0.1) is 0 Å². The highest BCUT2D eigenvalue weighted by Crippen LogP contribution is 2.23. The van der Waals surface area contributed by atoms with Crippen LogP contribution in [-0.2, 0) is 19.5 Å². The number of amides is 2. The van der Waals surface area contributed by atoms with E-state index in [1.165, 1.54) is 11.1 Å². The predicted octanol–water partition coefficient (Wildman–Crippen LogP) is 3.59. The molecule has 8 nitrogen and oxygen atoms in total. The number of β-amino-alcohol motifs (C(OH)–C–C–N with tert-alkyl or cyclic N) is 1. The number of carbonyl (C=O) groups excluding carboxylic acids is 1. The molecule has 1 N–H and O–H groups in total. The second-order valence-electron chi connectivity index (χ2n) is 10.1. The summed E-state index contributed by atoms with van der Waals surface area (Å²) < 4.78 is 5.69. The molecule has 1 aromatic carbocycles. The third kappa shape index (κ3) is 6.26. The molecule has 5 rings (SSSR count). The maximum atomic E-state index is 13.0. The zero-order valence-corrected chi connectivity index (χ0v) is 21.6. The van der Waals surface area contributed by atoms with E-state index < -0.39 is 6.10 Å². The summed E-state index contributed by atoms with van der Waals surface area (Å²) in [7, 11) is 0. The first-order valence-corrected chi connectivity index (χ1v) is 13.0. The summed E-state index contributed by atoms with van der Waals surface area (Å²) in [5, 5.41) is 10.7. The minimum absolute atomic E-state index is 0.0430. The molecule has 37 heavy (non-hydrogen) atoms. The van der Waals surface area contributed by atoms with Gasteiger partial charge in [-0.25, -0.2) is 9.78 Å². The molecule has 0 aliphatic carbocycles. The Balaban J connectivity index is 1.12. The van der Waals surface area contributed by atoms with Crippen LogP contribution in [0.2, 0.25) is 0 Å². The van der Waals surface area contributed by atoms with Crippen LogP contribution in [0.1, 0.15) is 30.7 Å². The fourth-order valence-corrected chi connectivity index (χ4v) is 5.05. The van der Waals surface area contributed by atoms with Crippen molar-refractivity contribution in [1.29, 1.82) is 0 Å². The van der Waals surface area contributed by atoms with Gasteiger partial charge in [-0.2, -0.15) is 0 Å². The van der Waals surface area contributed by atoms with Gasteiger partial charge in [0.15, 0.2) is 0 Å². The molecule has 3 aromatic rings. The van der Waals surface area contributed by atoms with Crippen LogP contribution in [0.15, 0.2) is 60.9 Å². The molecule has 8 heteroatoms. The van der Waals surface area contributed by atoms with Crippen molar-refractivity contribution in [1.82, 2.24) is 24.7 Å². The van der Waals surface area contributed by atoms with E-state index in [1.807, 2.05) is 44.3 Å². The lowest BCUT2D eigenvalue weighted by Crippen LogP contribution is -2.43. The second kappa shape index (κ2) is 11.3. The number of carbonyl (C=O) groups is 1. The molecule has 2 amide bonds. The normalized spacial score (nSPS) is 16.8. The van der Waals surface area contributed by atoms with Gasteiger partial charge in [0.2, 0.25) is 5.88 Å². The van der Waals surface area contributed by atoms with Gasteiger partial charge in [0, 0.05) is 63.3 Å². The first-order chi connectivity index (χ1) is 17.9. The number of hydrogen-bond donors (Lipinski definition) is 1. The van der Waals surface area contributed by atoms with E-state index in [1.54, 1.807) is 16.0 Å². The number of hydrogen-bond acceptors (Lipinski definition) is 6. The van der Waals surface area contributed by atoms with Crippen LogP contribution in [-0.4, -0.2) is 80.7 Å². The van der Waals surface area contributed by atoms with E-state index in [0.29, 0.717) is 38.6 Å². The topological polar surface area (TPSA) is 82.0 Å². The summed E-state index contributed by atoms with van der Waals surface area (Å²) in [6.07, 6.45) is 4.04. The predicted molar refractivity (Wildman–Crippen MR) is 142 cm³/mol. The van der Waals surface area contributed by atoms with Crippen LogP contribution < -0.4 is 4.74 Å². The molecular weight excluding hydrogens is 466 g/mol. The summed E-state index contributed by atoms with van der Waals surface area (Å²) in [4.78, 5) is 27.7. The van der Waals surface area contributed by atoms with Gasteiger partial charge in [0.1, 0.15) is 0 Å². The van der Waals surface area contributed by atoms with Crippen molar-refractivity contribution in [3.63, 3.8) is 0 Å². The van der Waals surface area contributed by atoms with E-state index in [0.717, 1.165) is 36.3 Å². The van der Waals surface area contributed by atoms with Crippen molar-refractivity contribution in [2.24, 2.45) is 0 Å². The molecule has 1 saturated heterocycles. The van der Waals surface area contributed by atoms with E-state index in [2.05, 4.69) is 39.1 Å². The smallest absolute Gasteiger partial charge is 0.320 e. The Morgan fingerprint density at radius 3 is 2.54 bits per heavy atom. The van der Waals surface area contributed by atoms with Crippen LogP contribution in [0.25, 0.3) is 11.1 Å². The largest absolute Gasteiger partial charge is 0.475 e. The third-order valence-corrected chi connectivity index (χ3v) is 6.89. The molecule has 0 saturated carbocycles. The molecule has 2 aromatic heterocycles. The Bertz CT molecular complexity index is 1220. The Morgan fingerprint density at radius 2 is 1.76 bits per heavy atom. The lowest BCUT2D eigenvalue weighted by molar-refractivity contribution is 0.0812. The van der Waals surface area contributed by atoms with Crippen molar-refractivity contribution >= 4 is 6.03 Å². The van der Waals surface area contributed by atoms with Gasteiger partial charge in [-0.05, 0) is 49.1 Å². The highest BCUT2D eigenvalue weighted by atomic mass is 16.5. The van der Waals surface area contributed by atoms with Gasteiger partial charge in [-0.3, -0.25) is 9.88 Å². The zero-order chi connectivity index (χ0) is 25.8. The van der Waals surface area contributed by atoms with E-state index in [-0.39, 0.29) is 12.1 Å². The second-order valence-corrected chi connectivity index (χ2v) is 10.1. The molecule has 0 spiro atoms. The number of fused-ring (bicyclic) bond motifs is 1.